The molecule has 4 rings (SSSR count). The van der Waals surface area contributed by atoms with Crippen molar-refractivity contribution in [2.24, 2.45) is 0 Å². The number of aromatic nitrogens is 2. The molecule has 2 aliphatic heterocycles. The summed E-state index contributed by atoms with van der Waals surface area (Å²) in [6.07, 6.45) is 8.36. The van der Waals surface area contributed by atoms with Crippen LogP contribution in [0.3, 0.4) is 0 Å². The van der Waals surface area contributed by atoms with Gasteiger partial charge in [-0.2, -0.15) is 0 Å². The molecule has 0 radical (unpaired) electrons. The van der Waals surface area contributed by atoms with Crippen molar-refractivity contribution in [1.82, 2.24) is 19.4 Å². The van der Waals surface area contributed by atoms with Crippen LogP contribution in [0.2, 0.25) is 0 Å². The average molecular weight is 410 g/mol. The van der Waals surface area contributed by atoms with Gasteiger partial charge in [-0.15, -0.1) is 0 Å². The fourth-order valence-corrected chi connectivity index (χ4v) is 4.33. The van der Waals surface area contributed by atoms with Crippen LogP contribution in [0.4, 0.5) is 5.69 Å². The maximum atomic E-state index is 12.6. The van der Waals surface area contributed by atoms with Gasteiger partial charge in [0.1, 0.15) is 0 Å². The third kappa shape index (κ3) is 5.15. The first kappa shape index (κ1) is 20.8. The highest BCUT2D eigenvalue weighted by Crippen LogP contribution is 2.27. The molecule has 2 aliphatic rings. The topological polar surface area (TPSA) is 61.7 Å². The van der Waals surface area contributed by atoms with Gasteiger partial charge >= 0.3 is 0 Å². The molecule has 1 aromatic carbocycles. The summed E-state index contributed by atoms with van der Waals surface area (Å²) in [7, 11) is 0. The highest BCUT2D eigenvalue weighted by molar-refractivity contribution is 6.09. The van der Waals surface area contributed by atoms with E-state index in [0.717, 1.165) is 64.3 Å². The number of rotatable bonds is 8. The number of nitrogens with zero attached hydrogens (tertiary/aromatic N) is 5. The minimum atomic E-state index is 0.0693. The van der Waals surface area contributed by atoms with Crippen molar-refractivity contribution in [1.29, 1.82) is 0 Å². The van der Waals surface area contributed by atoms with Crippen molar-refractivity contribution in [3.8, 4) is 0 Å². The van der Waals surface area contributed by atoms with Crippen LogP contribution in [0.25, 0.3) is 0 Å². The average Bonchev–Trinajstić information content (AvgIpc) is 3.26. The van der Waals surface area contributed by atoms with Gasteiger partial charge in [-0.3, -0.25) is 14.5 Å². The highest BCUT2D eigenvalue weighted by atomic mass is 16.2. The number of Topliss-reactive ketones (excluding diaryl/α,β-unsaturated/α-hetero) is 1. The number of imidazole rings is 1. The number of ketones is 1. The molecular weight excluding hydrogens is 378 g/mol. The maximum Gasteiger partial charge on any atom is 0.227 e. The number of fused-ring (bicyclic) bond motifs is 1. The van der Waals surface area contributed by atoms with Gasteiger partial charge in [0.15, 0.2) is 5.78 Å². The molecule has 1 aromatic heterocycles. The molecule has 0 N–H and O–H groups in total. The number of carbonyl (C=O) groups is 2. The Bertz CT molecular complexity index is 843. The van der Waals surface area contributed by atoms with Crippen molar-refractivity contribution in [2.45, 2.75) is 32.2 Å². The number of benzene rings is 1. The van der Waals surface area contributed by atoms with E-state index in [1.165, 1.54) is 0 Å². The van der Waals surface area contributed by atoms with Crippen LogP contribution >= 0.6 is 0 Å². The fourth-order valence-electron chi connectivity index (χ4n) is 4.33. The van der Waals surface area contributed by atoms with E-state index in [-0.39, 0.29) is 11.7 Å². The molecule has 0 unspecified atom stereocenters. The Balaban J connectivity index is 1.19. The summed E-state index contributed by atoms with van der Waals surface area (Å²) in [5.74, 6) is 0.146. The second kappa shape index (κ2) is 10.00. The Hall–Kier alpha value is -2.51. The Morgan fingerprint density at radius 1 is 0.833 bits per heavy atom. The number of piperazine rings is 1. The van der Waals surface area contributed by atoms with E-state index >= 15 is 0 Å². The lowest BCUT2D eigenvalue weighted by Gasteiger charge is -2.34. The zero-order valence-electron chi connectivity index (χ0n) is 17.6. The smallest absolute Gasteiger partial charge is 0.227 e. The minimum Gasteiger partial charge on any atom is -0.336 e. The van der Waals surface area contributed by atoms with E-state index in [1.807, 2.05) is 47.9 Å². The molecule has 0 bridgehead atoms. The van der Waals surface area contributed by atoms with Crippen molar-refractivity contribution in [2.75, 3.05) is 50.7 Å². The van der Waals surface area contributed by atoms with Gasteiger partial charge < -0.3 is 14.4 Å². The van der Waals surface area contributed by atoms with Gasteiger partial charge in [-0.05, 0) is 31.5 Å². The first-order valence-electron chi connectivity index (χ1n) is 11.0. The first-order valence-corrected chi connectivity index (χ1v) is 11.0. The van der Waals surface area contributed by atoms with Crippen molar-refractivity contribution in [3.05, 3.63) is 48.5 Å². The van der Waals surface area contributed by atoms with Crippen molar-refractivity contribution < 1.29 is 9.59 Å². The Kier molecular flexibility index (Phi) is 6.92. The van der Waals surface area contributed by atoms with E-state index in [2.05, 4.69) is 19.4 Å². The van der Waals surface area contributed by atoms with Crippen LogP contribution in [0.5, 0.6) is 0 Å². The normalized spacial score (nSPS) is 18.5. The molecule has 2 aromatic rings. The minimum absolute atomic E-state index is 0.0693. The van der Waals surface area contributed by atoms with Gasteiger partial charge in [0.25, 0.3) is 0 Å². The molecule has 1 fully saturated rings. The largest absolute Gasteiger partial charge is 0.336 e. The summed E-state index contributed by atoms with van der Waals surface area (Å²) in [5.41, 5.74) is 1.48. The lowest BCUT2D eigenvalue weighted by Crippen LogP contribution is -2.47. The standard InChI is InChI=1S/C23H31N5O2/c29-22-7-8-23(30)28(21-6-2-1-5-20(21)22)11-4-3-10-25-13-15-26(16-14-25)17-18-27-12-9-24-19-27/h1-2,5-6,9,12,19H,3-4,7-8,10-11,13-18H2. The number of anilines is 1. The Morgan fingerprint density at radius 2 is 1.57 bits per heavy atom. The van der Waals surface area contributed by atoms with Gasteiger partial charge in [-0.1, -0.05) is 12.1 Å². The summed E-state index contributed by atoms with van der Waals surface area (Å²) in [6, 6.07) is 7.53. The summed E-state index contributed by atoms with van der Waals surface area (Å²) in [5, 5.41) is 0. The van der Waals surface area contributed by atoms with Crippen LogP contribution in [-0.4, -0.2) is 76.9 Å². The lowest BCUT2D eigenvalue weighted by molar-refractivity contribution is -0.118. The number of unbranched alkanes of at least 4 members (excludes halogenated alkanes) is 1. The predicted octanol–water partition coefficient (Wildman–Crippen LogP) is 2.29. The quantitative estimate of drug-likeness (QED) is 0.626. The molecule has 7 heteroatoms. The molecule has 0 atom stereocenters. The number of hydrogen-bond donors (Lipinski definition) is 0. The van der Waals surface area contributed by atoms with Crippen LogP contribution in [0, 0.1) is 0 Å². The van der Waals surface area contributed by atoms with Gasteiger partial charge in [0.05, 0.1) is 12.0 Å². The molecule has 1 amide bonds. The van der Waals surface area contributed by atoms with Gasteiger partial charge in [0.2, 0.25) is 5.91 Å². The molecule has 0 saturated carbocycles. The Labute approximate surface area is 178 Å². The Morgan fingerprint density at radius 3 is 2.33 bits per heavy atom. The summed E-state index contributed by atoms with van der Waals surface area (Å²) in [4.78, 5) is 35.8. The number of para-hydroxylation sites is 1. The molecule has 3 heterocycles. The summed E-state index contributed by atoms with van der Waals surface area (Å²) < 4.78 is 2.13. The molecule has 0 spiro atoms. The number of amides is 1. The number of hydrogen-bond acceptors (Lipinski definition) is 5. The van der Waals surface area contributed by atoms with E-state index in [4.69, 9.17) is 0 Å². The first-order chi connectivity index (χ1) is 14.7. The van der Waals surface area contributed by atoms with Gasteiger partial charge in [0, 0.05) is 76.6 Å². The van der Waals surface area contributed by atoms with E-state index in [0.29, 0.717) is 24.9 Å². The molecule has 1 saturated heterocycles. The third-order valence-electron chi connectivity index (χ3n) is 6.17. The van der Waals surface area contributed by atoms with Crippen LogP contribution in [0.1, 0.15) is 36.0 Å². The molecule has 7 nitrogen and oxygen atoms in total. The zero-order chi connectivity index (χ0) is 20.8. The second-order valence-electron chi connectivity index (χ2n) is 8.18. The van der Waals surface area contributed by atoms with E-state index < -0.39 is 0 Å². The van der Waals surface area contributed by atoms with Gasteiger partial charge in [-0.25, -0.2) is 4.98 Å². The van der Waals surface area contributed by atoms with Crippen LogP contribution in [0.15, 0.2) is 43.0 Å². The van der Waals surface area contributed by atoms with Crippen LogP contribution < -0.4 is 4.90 Å². The monoisotopic (exact) mass is 409 g/mol. The number of carbonyl (C=O) groups excluding carboxylic acids is 2. The van der Waals surface area contributed by atoms with Crippen molar-refractivity contribution in [3.63, 3.8) is 0 Å². The molecule has 160 valence electrons. The second-order valence-corrected chi connectivity index (χ2v) is 8.18. The fraction of sp³-hybridized carbons (Fsp3) is 0.522. The van der Waals surface area contributed by atoms with Crippen LogP contribution in [-0.2, 0) is 11.3 Å². The maximum absolute atomic E-state index is 12.6. The summed E-state index contributed by atoms with van der Waals surface area (Å²) >= 11 is 0. The highest BCUT2D eigenvalue weighted by Gasteiger charge is 2.26. The molecule has 30 heavy (non-hydrogen) atoms. The lowest BCUT2D eigenvalue weighted by atomic mass is 10.1. The van der Waals surface area contributed by atoms with E-state index in [1.54, 1.807) is 0 Å². The third-order valence-corrected chi connectivity index (χ3v) is 6.17. The molecule has 0 aliphatic carbocycles. The molecular formula is C23H31N5O2. The van der Waals surface area contributed by atoms with E-state index in [9.17, 15) is 9.59 Å². The zero-order valence-corrected chi connectivity index (χ0v) is 17.6. The predicted molar refractivity (Wildman–Crippen MR) is 117 cm³/mol. The van der Waals surface area contributed by atoms with Crippen molar-refractivity contribution >= 4 is 17.4 Å². The SMILES string of the molecule is O=C1CCC(=O)N(CCCCN2CCN(CCn3ccnc3)CC2)c2ccccc21. The summed E-state index contributed by atoms with van der Waals surface area (Å²) in [6.45, 7) is 8.23.